The number of rotatable bonds is 9. The van der Waals surface area contributed by atoms with Gasteiger partial charge in [-0.25, -0.2) is 8.42 Å². The summed E-state index contributed by atoms with van der Waals surface area (Å²) in [6.07, 6.45) is 0. The van der Waals surface area contributed by atoms with Crippen LogP contribution >= 0.6 is 0 Å². The number of carbonyl (C=O) groups excluding carboxylic acids is 2. The van der Waals surface area contributed by atoms with E-state index in [4.69, 9.17) is 4.74 Å². The lowest BCUT2D eigenvalue weighted by Gasteiger charge is -2.12. The number of carbonyl (C=O) groups is 2. The summed E-state index contributed by atoms with van der Waals surface area (Å²) in [5.41, 5.74) is 1.11. The minimum atomic E-state index is -3.79. The summed E-state index contributed by atoms with van der Waals surface area (Å²) in [4.78, 5) is 25.3. The third-order valence-electron chi connectivity index (χ3n) is 4.44. The van der Waals surface area contributed by atoms with Gasteiger partial charge in [-0.2, -0.15) is 0 Å². The number of benzene rings is 3. The molecule has 3 rings (SSSR count). The minimum absolute atomic E-state index is 0.114. The Bertz CT molecular complexity index is 1200. The molecule has 0 aromatic heterocycles. The van der Waals surface area contributed by atoms with E-state index in [-0.39, 0.29) is 22.1 Å². The third-order valence-corrected chi connectivity index (χ3v) is 5.84. The molecule has 0 aliphatic heterocycles. The Morgan fingerprint density at radius 1 is 0.875 bits per heavy atom. The summed E-state index contributed by atoms with van der Waals surface area (Å²) in [6, 6.07) is 20.6. The molecule has 0 fully saturated rings. The van der Waals surface area contributed by atoms with Gasteiger partial charge in [-0.3, -0.25) is 14.3 Å². The fourth-order valence-electron chi connectivity index (χ4n) is 2.88. The summed E-state index contributed by atoms with van der Waals surface area (Å²) in [5, 5.41) is 5.42. The van der Waals surface area contributed by atoms with Crippen LogP contribution in [0.4, 0.5) is 11.4 Å². The van der Waals surface area contributed by atoms with Gasteiger partial charge < -0.3 is 15.4 Å². The standard InChI is InChI=1S/C23H23N3O5S/c1-31-15-14-24-23(28)20-12-5-6-13-21(20)25-22(27)17-8-7-9-18(16-17)26-32(29,30)19-10-3-2-4-11-19/h2-13,16,26H,14-15H2,1H3,(H,24,28)(H,25,27). The smallest absolute Gasteiger partial charge is 0.261 e. The maximum Gasteiger partial charge on any atom is 0.261 e. The molecule has 0 radical (unpaired) electrons. The van der Waals surface area contributed by atoms with Crippen molar-refractivity contribution in [3.05, 3.63) is 90.0 Å². The van der Waals surface area contributed by atoms with Gasteiger partial charge in [0.2, 0.25) is 0 Å². The molecule has 2 amide bonds. The van der Waals surface area contributed by atoms with Crippen molar-refractivity contribution in [1.82, 2.24) is 5.32 Å². The van der Waals surface area contributed by atoms with Crippen molar-refractivity contribution in [1.29, 1.82) is 0 Å². The highest BCUT2D eigenvalue weighted by atomic mass is 32.2. The Labute approximate surface area is 186 Å². The molecule has 32 heavy (non-hydrogen) atoms. The lowest BCUT2D eigenvalue weighted by molar-refractivity contribution is 0.0938. The van der Waals surface area contributed by atoms with Gasteiger partial charge in [0.15, 0.2) is 0 Å². The molecule has 3 N–H and O–H groups in total. The van der Waals surface area contributed by atoms with Crippen molar-refractivity contribution in [3.63, 3.8) is 0 Å². The van der Waals surface area contributed by atoms with Crippen LogP contribution in [0.1, 0.15) is 20.7 Å². The molecule has 3 aromatic rings. The second-order valence-electron chi connectivity index (χ2n) is 6.75. The molecular weight excluding hydrogens is 430 g/mol. The number of sulfonamides is 1. The largest absolute Gasteiger partial charge is 0.383 e. The van der Waals surface area contributed by atoms with Gasteiger partial charge in [-0.1, -0.05) is 36.4 Å². The van der Waals surface area contributed by atoms with Gasteiger partial charge in [0.25, 0.3) is 21.8 Å². The Hall–Kier alpha value is -3.69. The van der Waals surface area contributed by atoms with Crippen molar-refractivity contribution in [2.45, 2.75) is 4.90 Å². The first kappa shape index (κ1) is 23.0. The summed E-state index contributed by atoms with van der Waals surface area (Å²) in [7, 11) is -2.25. The number of ether oxygens (including phenoxy) is 1. The Morgan fingerprint density at radius 3 is 2.34 bits per heavy atom. The van der Waals surface area contributed by atoms with E-state index in [0.717, 1.165) is 0 Å². The van der Waals surface area contributed by atoms with Crippen LogP contribution in [0.3, 0.4) is 0 Å². The highest BCUT2D eigenvalue weighted by Crippen LogP contribution is 2.20. The number of para-hydroxylation sites is 1. The lowest BCUT2D eigenvalue weighted by Crippen LogP contribution is -2.28. The van der Waals surface area contributed by atoms with Crippen LogP contribution in [0, 0.1) is 0 Å². The number of methoxy groups -OCH3 is 1. The van der Waals surface area contributed by atoms with Gasteiger partial charge in [-0.05, 0) is 42.5 Å². The molecule has 0 bridgehead atoms. The van der Waals surface area contributed by atoms with Crippen molar-refractivity contribution >= 4 is 33.2 Å². The van der Waals surface area contributed by atoms with E-state index in [1.54, 1.807) is 60.7 Å². The molecule has 0 aliphatic carbocycles. The molecule has 0 saturated heterocycles. The monoisotopic (exact) mass is 453 g/mol. The fraction of sp³-hybridized carbons (Fsp3) is 0.130. The summed E-state index contributed by atoms with van der Waals surface area (Å²) in [5.74, 6) is -0.828. The van der Waals surface area contributed by atoms with Gasteiger partial charge in [0.05, 0.1) is 22.8 Å². The van der Waals surface area contributed by atoms with Crippen molar-refractivity contribution in [2.24, 2.45) is 0 Å². The molecular formula is C23H23N3O5S. The number of amides is 2. The predicted molar refractivity (Wildman–Crippen MR) is 122 cm³/mol. The molecule has 0 heterocycles. The highest BCUT2D eigenvalue weighted by Gasteiger charge is 2.16. The summed E-state index contributed by atoms with van der Waals surface area (Å²) in [6.45, 7) is 0.702. The summed E-state index contributed by atoms with van der Waals surface area (Å²) >= 11 is 0. The Morgan fingerprint density at radius 2 is 1.59 bits per heavy atom. The van der Waals surface area contributed by atoms with Gasteiger partial charge in [0.1, 0.15) is 0 Å². The molecule has 0 atom stereocenters. The number of nitrogens with one attached hydrogen (secondary N) is 3. The first-order valence-electron chi connectivity index (χ1n) is 9.76. The number of anilines is 2. The molecule has 9 heteroatoms. The van der Waals surface area contributed by atoms with Crippen molar-refractivity contribution < 1.29 is 22.7 Å². The first-order valence-corrected chi connectivity index (χ1v) is 11.2. The van der Waals surface area contributed by atoms with Crippen LogP contribution in [-0.2, 0) is 14.8 Å². The molecule has 0 saturated carbocycles. The molecule has 8 nitrogen and oxygen atoms in total. The zero-order chi connectivity index (χ0) is 23.0. The van der Waals surface area contributed by atoms with E-state index in [9.17, 15) is 18.0 Å². The number of hydrogen-bond acceptors (Lipinski definition) is 5. The average molecular weight is 454 g/mol. The molecule has 0 spiro atoms. The quantitative estimate of drug-likeness (QED) is 0.431. The first-order chi connectivity index (χ1) is 15.4. The van der Waals surface area contributed by atoms with Crippen LogP contribution in [0.2, 0.25) is 0 Å². The second-order valence-corrected chi connectivity index (χ2v) is 8.43. The molecule has 0 aliphatic rings. The zero-order valence-corrected chi connectivity index (χ0v) is 18.2. The van der Waals surface area contributed by atoms with Gasteiger partial charge in [0, 0.05) is 24.9 Å². The lowest BCUT2D eigenvalue weighted by atomic mass is 10.1. The third kappa shape index (κ3) is 5.93. The minimum Gasteiger partial charge on any atom is -0.383 e. The van der Waals surface area contributed by atoms with Crippen molar-refractivity contribution in [2.75, 3.05) is 30.3 Å². The maximum absolute atomic E-state index is 12.8. The van der Waals surface area contributed by atoms with Crippen LogP contribution < -0.4 is 15.4 Å². The molecule has 0 unspecified atom stereocenters. The van der Waals surface area contributed by atoms with Crippen LogP contribution in [-0.4, -0.2) is 40.5 Å². The van der Waals surface area contributed by atoms with Crippen LogP contribution in [0.5, 0.6) is 0 Å². The topological polar surface area (TPSA) is 114 Å². The molecule has 166 valence electrons. The molecule has 3 aromatic carbocycles. The predicted octanol–water partition coefficient (Wildman–Crippen LogP) is 3.12. The SMILES string of the molecule is COCCNC(=O)c1ccccc1NC(=O)c1cccc(NS(=O)(=O)c2ccccc2)c1. The van der Waals surface area contributed by atoms with E-state index in [1.165, 1.54) is 25.3 Å². The van der Waals surface area contributed by atoms with Crippen LogP contribution in [0.25, 0.3) is 0 Å². The van der Waals surface area contributed by atoms with Gasteiger partial charge >= 0.3 is 0 Å². The average Bonchev–Trinajstić information content (AvgIpc) is 2.80. The van der Waals surface area contributed by atoms with E-state index in [0.29, 0.717) is 24.4 Å². The van der Waals surface area contributed by atoms with E-state index in [2.05, 4.69) is 15.4 Å². The van der Waals surface area contributed by atoms with Crippen molar-refractivity contribution in [3.8, 4) is 0 Å². The number of hydrogen-bond donors (Lipinski definition) is 3. The van der Waals surface area contributed by atoms with Gasteiger partial charge in [-0.15, -0.1) is 0 Å². The summed E-state index contributed by atoms with van der Waals surface area (Å²) < 4.78 is 32.5. The second kappa shape index (κ2) is 10.6. The maximum atomic E-state index is 12.8. The Balaban J connectivity index is 1.75. The van der Waals surface area contributed by atoms with Crippen LogP contribution in [0.15, 0.2) is 83.8 Å². The fourth-order valence-corrected chi connectivity index (χ4v) is 3.95. The zero-order valence-electron chi connectivity index (χ0n) is 17.4. The normalized spacial score (nSPS) is 10.9. The van der Waals surface area contributed by atoms with E-state index >= 15 is 0 Å². The Kier molecular flexibility index (Phi) is 7.58. The highest BCUT2D eigenvalue weighted by molar-refractivity contribution is 7.92. The van der Waals surface area contributed by atoms with E-state index in [1.807, 2.05) is 0 Å². The van der Waals surface area contributed by atoms with E-state index < -0.39 is 15.9 Å².